The van der Waals surface area contributed by atoms with Crippen molar-refractivity contribution in [2.75, 3.05) is 0 Å². The summed E-state index contributed by atoms with van der Waals surface area (Å²) in [6.45, 7) is 0. The van der Waals surface area contributed by atoms with Gasteiger partial charge in [0.2, 0.25) is 0 Å². The molecule has 4 bridgehead atoms. The van der Waals surface area contributed by atoms with E-state index in [2.05, 4.69) is 0 Å². The highest BCUT2D eigenvalue weighted by atomic mass is 16.5. The molecule has 2 saturated heterocycles. The van der Waals surface area contributed by atoms with Gasteiger partial charge in [-0.2, -0.15) is 0 Å². The predicted molar refractivity (Wildman–Crippen MR) is 57.2 cm³/mol. The normalized spacial score (nSPS) is 48.0. The highest BCUT2D eigenvalue weighted by Crippen LogP contribution is 2.43. The molecule has 0 radical (unpaired) electrons. The lowest BCUT2D eigenvalue weighted by Gasteiger charge is -2.05. The topological polar surface area (TPSA) is 9.23 Å². The van der Waals surface area contributed by atoms with Gasteiger partial charge in [-0.15, -0.1) is 0 Å². The zero-order valence-corrected chi connectivity index (χ0v) is 9.08. The maximum absolute atomic E-state index is 5.47. The molecular weight excluding hydrogens is 172 g/mol. The first-order valence-electron chi connectivity index (χ1n) is 6.55. The Morgan fingerprint density at radius 1 is 0.571 bits per heavy atom. The highest BCUT2D eigenvalue weighted by molar-refractivity contribution is 4.82. The van der Waals surface area contributed by atoms with E-state index < -0.39 is 0 Å². The summed E-state index contributed by atoms with van der Waals surface area (Å²) in [6.07, 6.45) is 14.5. The molecule has 2 aliphatic carbocycles. The number of hydrogen-bond acceptors (Lipinski definition) is 1. The van der Waals surface area contributed by atoms with Crippen LogP contribution in [0.5, 0.6) is 0 Å². The number of ether oxygens (including phenoxy) is 1. The lowest BCUT2D eigenvalue weighted by Crippen LogP contribution is -1.98. The van der Waals surface area contributed by atoms with Crippen molar-refractivity contribution in [1.82, 2.24) is 0 Å². The van der Waals surface area contributed by atoms with Gasteiger partial charge < -0.3 is 4.74 Å². The van der Waals surface area contributed by atoms with Crippen LogP contribution in [0, 0.1) is 11.8 Å². The molecule has 14 heavy (non-hydrogen) atoms. The van der Waals surface area contributed by atoms with E-state index in [9.17, 15) is 0 Å². The number of hydrogen-bond donors (Lipinski definition) is 0. The molecule has 0 unspecified atom stereocenters. The third-order valence-electron chi connectivity index (χ3n) is 4.64. The summed E-state index contributed by atoms with van der Waals surface area (Å²) in [4.78, 5) is 0. The van der Waals surface area contributed by atoms with Crippen LogP contribution in [0.25, 0.3) is 0 Å². The molecule has 4 fully saturated rings. The van der Waals surface area contributed by atoms with Gasteiger partial charge in [-0.25, -0.2) is 0 Å². The number of fused-ring (bicyclic) bond motifs is 4. The summed E-state index contributed by atoms with van der Waals surface area (Å²) in [5.74, 6) is 2.34. The standard InChI is InChI=1S/C7H12.C6H10O/c1-2-7-4-3-6(1)5-7;1-2-6-4-3-5(1)7-6/h6-7H,1-5H2;5-6H,1-4H2. The third kappa shape index (κ3) is 1.84. The Bertz CT molecular complexity index is 143. The third-order valence-corrected chi connectivity index (χ3v) is 4.64. The van der Waals surface area contributed by atoms with E-state index in [-0.39, 0.29) is 0 Å². The lowest BCUT2D eigenvalue weighted by atomic mass is 10.0. The molecule has 0 aromatic rings. The molecule has 1 nitrogen and oxygen atoms in total. The Labute approximate surface area is 87.2 Å². The molecule has 0 N–H and O–H groups in total. The van der Waals surface area contributed by atoms with Crippen molar-refractivity contribution >= 4 is 0 Å². The van der Waals surface area contributed by atoms with Crippen LogP contribution >= 0.6 is 0 Å². The van der Waals surface area contributed by atoms with Crippen LogP contribution in [0.3, 0.4) is 0 Å². The van der Waals surface area contributed by atoms with E-state index in [1.54, 1.807) is 32.1 Å². The largest absolute Gasteiger partial charge is 0.375 e. The molecule has 0 atom stereocenters. The first-order chi connectivity index (χ1) is 6.90. The molecule has 2 saturated carbocycles. The minimum Gasteiger partial charge on any atom is -0.375 e. The molecule has 0 aromatic carbocycles. The van der Waals surface area contributed by atoms with E-state index in [1.165, 1.54) is 37.5 Å². The van der Waals surface area contributed by atoms with Gasteiger partial charge in [-0.1, -0.05) is 25.7 Å². The van der Waals surface area contributed by atoms with Gasteiger partial charge >= 0.3 is 0 Å². The first kappa shape index (κ1) is 9.21. The molecular formula is C13H22O. The second kappa shape index (κ2) is 3.84. The fraction of sp³-hybridized carbons (Fsp3) is 1.00. The Balaban J connectivity index is 0.0000000914. The summed E-state index contributed by atoms with van der Waals surface area (Å²) < 4.78 is 5.47. The van der Waals surface area contributed by atoms with E-state index in [0.29, 0.717) is 12.2 Å². The minimum absolute atomic E-state index is 0.671. The van der Waals surface area contributed by atoms with E-state index in [0.717, 1.165) is 0 Å². The average Bonchev–Trinajstić information content (AvgIpc) is 3.01. The Morgan fingerprint density at radius 2 is 1.00 bits per heavy atom. The van der Waals surface area contributed by atoms with Crippen LogP contribution in [0.15, 0.2) is 0 Å². The molecule has 4 aliphatic rings. The van der Waals surface area contributed by atoms with Crippen LogP contribution in [0.4, 0.5) is 0 Å². The van der Waals surface area contributed by atoms with Crippen LogP contribution in [0.1, 0.15) is 57.8 Å². The lowest BCUT2D eigenvalue weighted by molar-refractivity contribution is 0.105. The average molecular weight is 194 g/mol. The van der Waals surface area contributed by atoms with Crippen molar-refractivity contribution in [2.24, 2.45) is 11.8 Å². The molecule has 0 amide bonds. The predicted octanol–water partition coefficient (Wildman–Crippen LogP) is 3.52. The fourth-order valence-electron chi connectivity index (χ4n) is 3.75. The van der Waals surface area contributed by atoms with Crippen LogP contribution in [0.2, 0.25) is 0 Å². The molecule has 2 aliphatic heterocycles. The van der Waals surface area contributed by atoms with Crippen molar-refractivity contribution in [1.29, 1.82) is 0 Å². The molecule has 2 heterocycles. The van der Waals surface area contributed by atoms with Gasteiger partial charge in [0.05, 0.1) is 12.2 Å². The second-order valence-electron chi connectivity index (χ2n) is 5.66. The van der Waals surface area contributed by atoms with Gasteiger partial charge in [-0.05, 0) is 43.9 Å². The van der Waals surface area contributed by atoms with Crippen molar-refractivity contribution < 1.29 is 4.74 Å². The van der Waals surface area contributed by atoms with Gasteiger partial charge in [0.1, 0.15) is 0 Å². The monoisotopic (exact) mass is 194 g/mol. The van der Waals surface area contributed by atoms with E-state index in [1.807, 2.05) is 0 Å². The van der Waals surface area contributed by atoms with Gasteiger partial charge in [0, 0.05) is 0 Å². The zero-order chi connectivity index (χ0) is 9.38. The molecule has 0 aromatic heterocycles. The SMILES string of the molecule is C1CC2CCC1C2.C1CC2CCC1O2. The Hall–Kier alpha value is -0.0400. The van der Waals surface area contributed by atoms with Crippen LogP contribution in [-0.2, 0) is 4.74 Å². The Kier molecular flexibility index (Phi) is 2.53. The zero-order valence-electron chi connectivity index (χ0n) is 9.08. The summed E-state index contributed by atoms with van der Waals surface area (Å²) in [5.41, 5.74) is 0. The molecule has 80 valence electrons. The van der Waals surface area contributed by atoms with Crippen molar-refractivity contribution in [3.8, 4) is 0 Å². The fourth-order valence-corrected chi connectivity index (χ4v) is 3.75. The summed E-state index contributed by atoms with van der Waals surface area (Å²) in [7, 11) is 0. The summed E-state index contributed by atoms with van der Waals surface area (Å²) >= 11 is 0. The maximum Gasteiger partial charge on any atom is 0.0580 e. The second-order valence-corrected chi connectivity index (χ2v) is 5.66. The van der Waals surface area contributed by atoms with Crippen molar-refractivity contribution in [2.45, 2.75) is 70.0 Å². The summed E-state index contributed by atoms with van der Waals surface area (Å²) in [5, 5.41) is 0. The van der Waals surface area contributed by atoms with E-state index >= 15 is 0 Å². The quantitative estimate of drug-likeness (QED) is 0.573. The van der Waals surface area contributed by atoms with Gasteiger partial charge in [-0.3, -0.25) is 0 Å². The maximum atomic E-state index is 5.47. The Morgan fingerprint density at radius 3 is 1.14 bits per heavy atom. The van der Waals surface area contributed by atoms with Crippen molar-refractivity contribution in [3.05, 3.63) is 0 Å². The highest BCUT2D eigenvalue weighted by Gasteiger charge is 2.31. The van der Waals surface area contributed by atoms with E-state index in [4.69, 9.17) is 4.74 Å². The van der Waals surface area contributed by atoms with Crippen LogP contribution in [-0.4, -0.2) is 12.2 Å². The van der Waals surface area contributed by atoms with Gasteiger partial charge in [0.15, 0.2) is 0 Å². The minimum atomic E-state index is 0.671. The van der Waals surface area contributed by atoms with Gasteiger partial charge in [0.25, 0.3) is 0 Å². The smallest absolute Gasteiger partial charge is 0.0580 e. The first-order valence-corrected chi connectivity index (χ1v) is 6.55. The molecule has 0 spiro atoms. The van der Waals surface area contributed by atoms with Crippen molar-refractivity contribution in [3.63, 3.8) is 0 Å². The molecule has 4 rings (SSSR count). The summed E-state index contributed by atoms with van der Waals surface area (Å²) in [6, 6.07) is 0. The van der Waals surface area contributed by atoms with Crippen LogP contribution < -0.4 is 0 Å². The molecule has 1 heteroatoms. The number of rotatable bonds is 0.